The molecule has 28 heavy (non-hydrogen) atoms. The molecule has 0 aromatic heterocycles. The quantitative estimate of drug-likeness (QED) is 0.177. The molecule has 0 fully saturated rings. The molecule has 0 aromatic rings. The summed E-state index contributed by atoms with van der Waals surface area (Å²) in [7, 11) is -4.16. The molecule has 0 aliphatic rings. The van der Waals surface area contributed by atoms with Crippen LogP contribution >= 0.6 is 0 Å². The molecule has 6 heteroatoms. The van der Waals surface area contributed by atoms with Crippen LogP contribution in [0.3, 0.4) is 0 Å². The molecule has 0 saturated carbocycles. The van der Waals surface area contributed by atoms with Gasteiger partial charge in [0.25, 0.3) is 0 Å². The zero-order valence-corrected chi connectivity index (χ0v) is 22.9. The third kappa shape index (κ3) is 22.2. The smallest absolute Gasteiger partial charge is 0.748 e. The third-order valence-corrected chi connectivity index (χ3v) is 6.72. The second kappa shape index (κ2) is 21.7. The number of rotatable bonds is 20. The molecule has 0 saturated heterocycles. The van der Waals surface area contributed by atoms with Crippen molar-refractivity contribution in [2.45, 2.75) is 141 Å². The summed E-state index contributed by atoms with van der Waals surface area (Å²) in [6.07, 6.45) is 18.7. The minimum Gasteiger partial charge on any atom is -0.748 e. The minimum atomic E-state index is -4.16. The zero-order chi connectivity index (χ0) is 20.4. The predicted molar refractivity (Wildman–Crippen MR) is 114 cm³/mol. The molecule has 0 spiro atoms. The first-order valence-corrected chi connectivity index (χ1v) is 13.0. The number of hydrogen-bond acceptors (Lipinski definition) is 4. The van der Waals surface area contributed by atoms with Crippen LogP contribution in [0.5, 0.6) is 0 Å². The summed E-state index contributed by atoms with van der Waals surface area (Å²) in [6, 6.07) is 0. The molecule has 2 unspecified atom stereocenters. The summed E-state index contributed by atoms with van der Waals surface area (Å²) in [5.41, 5.74) is 0. The molecular formula is C22H45KO4S. The van der Waals surface area contributed by atoms with Crippen LogP contribution in [0.15, 0.2) is 0 Å². The monoisotopic (exact) mass is 444 g/mol. The SMILES string of the molecule is CCCCCCCCCCCC(CCCCCCCCC(C)O)S(=O)(=O)[O-].[K+]. The zero-order valence-electron chi connectivity index (χ0n) is 19.0. The maximum absolute atomic E-state index is 11.5. The van der Waals surface area contributed by atoms with Crippen molar-refractivity contribution < 1.29 is 69.5 Å². The third-order valence-electron chi connectivity index (χ3n) is 5.44. The molecule has 0 amide bonds. The van der Waals surface area contributed by atoms with E-state index in [-0.39, 0.29) is 57.5 Å². The maximum atomic E-state index is 11.5. The number of hydrogen-bond donors (Lipinski definition) is 1. The van der Waals surface area contributed by atoms with E-state index in [1.807, 2.05) is 6.92 Å². The number of aliphatic hydroxyl groups is 1. The molecule has 0 radical (unpaired) electrons. The van der Waals surface area contributed by atoms with Crippen molar-refractivity contribution in [1.82, 2.24) is 0 Å². The normalized spacial score (nSPS) is 13.9. The van der Waals surface area contributed by atoms with Gasteiger partial charge < -0.3 is 9.66 Å². The fourth-order valence-electron chi connectivity index (χ4n) is 3.63. The van der Waals surface area contributed by atoms with Gasteiger partial charge in [0.05, 0.1) is 16.2 Å². The van der Waals surface area contributed by atoms with Gasteiger partial charge in [-0.2, -0.15) is 0 Å². The first-order chi connectivity index (χ1) is 12.9. The molecule has 0 aliphatic heterocycles. The Balaban J connectivity index is 0. The fourth-order valence-corrected chi connectivity index (χ4v) is 4.55. The van der Waals surface area contributed by atoms with Gasteiger partial charge in [-0.05, 0) is 26.2 Å². The van der Waals surface area contributed by atoms with E-state index in [4.69, 9.17) is 0 Å². The van der Waals surface area contributed by atoms with Crippen LogP contribution in [-0.2, 0) is 10.1 Å². The molecule has 1 N–H and O–H groups in total. The average molecular weight is 445 g/mol. The molecule has 0 heterocycles. The van der Waals surface area contributed by atoms with E-state index >= 15 is 0 Å². The van der Waals surface area contributed by atoms with Gasteiger partial charge in [0.1, 0.15) is 0 Å². The largest absolute Gasteiger partial charge is 1.00 e. The van der Waals surface area contributed by atoms with Gasteiger partial charge in [-0.15, -0.1) is 0 Å². The molecule has 4 nitrogen and oxygen atoms in total. The number of aliphatic hydroxyl groups excluding tert-OH is 1. The van der Waals surface area contributed by atoms with E-state index in [0.29, 0.717) is 12.8 Å². The maximum Gasteiger partial charge on any atom is 1.00 e. The van der Waals surface area contributed by atoms with E-state index in [0.717, 1.165) is 64.2 Å². The molecule has 164 valence electrons. The summed E-state index contributed by atoms with van der Waals surface area (Å²) in [6.45, 7) is 4.04. The Hall–Kier alpha value is 1.51. The Morgan fingerprint density at radius 1 is 0.679 bits per heavy atom. The van der Waals surface area contributed by atoms with Gasteiger partial charge in [0, 0.05) is 5.25 Å². The van der Waals surface area contributed by atoms with Gasteiger partial charge in [-0.25, -0.2) is 8.42 Å². The fraction of sp³-hybridized carbons (Fsp3) is 1.00. The molecule has 0 bridgehead atoms. The Morgan fingerprint density at radius 3 is 1.32 bits per heavy atom. The summed E-state index contributed by atoms with van der Waals surface area (Å²) >= 11 is 0. The average Bonchev–Trinajstić information content (AvgIpc) is 2.59. The van der Waals surface area contributed by atoms with Gasteiger partial charge in [-0.3, -0.25) is 0 Å². The van der Waals surface area contributed by atoms with Crippen molar-refractivity contribution in [2.24, 2.45) is 0 Å². The van der Waals surface area contributed by atoms with E-state index in [2.05, 4.69) is 6.92 Å². The van der Waals surface area contributed by atoms with Crippen LogP contribution in [0.1, 0.15) is 129 Å². The molecule has 0 aliphatic carbocycles. The van der Waals surface area contributed by atoms with Crippen LogP contribution in [-0.4, -0.2) is 29.4 Å². The Bertz CT molecular complexity index is 413. The Labute approximate surface area is 218 Å². The van der Waals surface area contributed by atoms with Crippen LogP contribution < -0.4 is 51.4 Å². The molecular weight excluding hydrogens is 399 g/mol. The topological polar surface area (TPSA) is 77.4 Å². The van der Waals surface area contributed by atoms with E-state index in [1.165, 1.54) is 38.5 Å². The van der Waals surface area contributed by atoms with Crippen LogP contribution in [0.4, 0.5) is 0 Å². The van der Waals surface area contributed by atoms with Gasteiger partial charge >= 0.3 is 51.4 Å². The molecule has 0 rings (SSSR count). The summed E-state index contributed by atoms with van der Waals surface area (Å²) < 4.78 is 34.5. The van der Waals surface area contributed by atoms with Crippen molar-refractivity contribution in [1.29, 1.82) is 0 Å². The van der Waals surface area contributed by atoms with E-state index in [1.54, 1.807) is 0 Å². The van der Waals surface area contributed by atoms with Gasteiger partial charge in [0.2, 0.25) is 0 Å². The van der Waals surface area contributed by atoms with Crippen molar-refractivity contribution in [2.75, 3.05) is 0 Å². The van der Waals surface area contributed by atoms with Crippen molar-refractivity contribution >= 4 is 10.1 Å². The van der Waals surface area contributed by atoms with E-state index in [9.17, 15) is 18.1 Å². The van der Waals surface area contributed by atoms with E-state index < -0.39 is 15.4 Å². The summed E-state index contributed by atoms with van der Waals surface area (Å²) in [4.78, 5) is 0. The summed E-state index contributed by atoms with van der Waals surface area (Å²) in [5.74, 6) is 0. The van der Waals surface area contributed by atoms with Crippen molar-refractivity contribution in [3.05, 3.63) is 0 Å². The second-order valence-corrected chi connectivity index (χ2v) is 9.93. The van der Waals surface area contributed by atoms with Crippen molar-refractivity contribution in [3.63, 3.8) is 0 Å². The Morgan fingerprint density at radius 2 is 1.00 bits per heavy atom. The standard InChI is InChI=1S/C22H46O4S.K/c1-3-4-5-6-7-8-9-13-16-19-22(27(24,25)26)20-17-14-11-10-12-15-18-21(2)23;/h21-23H,3-20H2,1-2H3,(H,24,25,26);/q;+1/p-1. The number of unbranched alkanes of at least 4 members (excludes halogenated alkanes) is 13. The van der Waals surface area contributed by atoms with Crippen LogP contribution in [0.2, 0.25) is 0 Å². The van der Waals surface area contributed by atoms with Crippen LogP contribution in [0.25, 0.3) is 0 Å². The molecule has 0 aromatic carbocycles. The second-order valence-electron chi connectivity index (χ2n) is 8.28. The Kier molecular flexibility index (Phi) is 24.6. The van der Waals surface area contributed by atoms with Crippen LogP contribution in [0, 0.1) is 0 Å². The van der Waals surface area contributed by atoms with Crippen molar-refractivity contribution in [3.8, 4) is 0 Å². The van der Waals surface area contributed by atoms with Gasteiger partial charge in [0.15, 0.2) is 0 Å². The summed E-state index contributed by atoms with van der Waals surface area (Å²) in [5, 5.41) is 8.52. The predicted octanol–water partition coefficient (Wildman–Crippen LogP) is 3.33. The first kappa shape index (κ1) is 31.7. The minimum absolute atomic E-state index is 0. The van der Waals surface area contributed by atoms with Gasteiger partial charge in [-0.1, -0.05) is 103 Å². The first-order valence-electron chi connectivity index (χ1n) is 11.5. The molecule has 2 atom stereocenters.